The molecule has 0 saturated carbocycles. The predicted molar refractivity (Wildman–Crippen MR) is 73.7 cm³/mol. The van der Waals surface area contributed by atoms with Crippen LogP contribution in [-0.4, -0.2) is 18.2 Å². The lowest BCUT2D eigenvalue weighted by Crippen LogP contribution is -2.04. The van der Waals surface area contributed by atoms with Gasteiger partial charge in [-0.05, 0) is 34.1 Å². The van der Waals surface area contributed by atoms with Crippen LogP contribution in [0.5, 0.6) is 5.75 Å². The smallest absolute Gasteiger partial charge is 0.339 e. The van der Waals surface area contributed by atoms with Crippen LogP contribution in [0.1, 0.15) is 16.1 Å². The van der Waals surface area contributed by atoms with Crippen LogP contribution in [0.2, 0.25) is 0 Å². The molecule has 0 unspecified atom stereocenters. The molecule has 2 aromatic rings. The molecule has 0 aliphatic rings. The maximum Gasteiger partial charge on any atom is 0.339 e. The third-order valence-corrected chi connectivity index (χ3v) is 3.24. The van der Waals surface area contributed by atoms with Crippen LogP contribution in [0.3, 0.4) is 0 Å². The van der Waals surface area contributed by atoms with E-state index in [0.717, 1.165) is 10.2 Å². The lowest BCUT2D eigenvalue weighted by Gasteiger charge is -2.08. The molecule has 0 aliphatic heterocycles. The number of carbonyl (C=O) groups is 1. The van der Waals surface area contributed by atoms with E-state index in [9.17, 15) is 4.79 Å². The Morgan fingerprint density at radius 2 is 2.26 bits per heavy atom. The Kier molecular flexibility index (Phi) is 4.11. The van der Waals surface area contributed by atoms with Gasteiger partial charge < -0.3 is 19.6 Å². The summed E-state index contributed by atoms with van der Waals surface area (Å²) in [5.41, 5.74) is 0.976. The first-order chi connectivity index (χ1) is 9.11. The van der Waals surface area contributed by atoms with E-state index >= 15 is 0 Å². The number of nitrogens with one attached hydrogen (secondary N) is 1. The standard InChI is InChI=1S/C13H12BrNO4/c1-18-11-6-8(2-3-10(11)14)15-7-12-9(13(16)17)4-5-19-12/h2-6,15H,7H2,1H3,(H,16,17). The molecule has 19 heavy (non-hydrogen) atoms. The highest BCUT2D eigenvalue weighted by Gasteiger charge is 2.13. The molecule has 2 N–H and O–H groups in total. The SMILES string of the molecule is COc1cc(NCc2occc2C(=O)O)ccc1Br. The Balaban J connectivity index is 2.10. The fraction of sp³-hybridized carbons (Fsp3) is 0.154. The molecule has 0 spiro atoms. The summed E-state index contributed by atoms with van der Waals surface area (Å²) < 4.78 is 11.2. The quantitative estimate of drug-likeness (QED) is 0.881. The monoisotopic (exact) mass is 325 g/mol. The molecule has 6 heteroatoms. The third-order valence-electron chi connectivity index (χ3n) is 2.58. The summed E-state index contributed by atoms with van der Waals surface area (Å²) in [7, 11) is 1.58. The van der Waals surface area contributed by atoms with Gasteiger partial charge >= 0.3 is 5.97 Å². The minimum absolute atomic E-state index is 0.163. The highest BCUT2D eigenvalue weighted by Crippen LogP contribution is 2.28. The zero-order chi connectivity index (χ0) is 13.8. The Morgan fingerprint density at radius 3 is 2.95 bits per heavy atom. The van der Waals surface area contributed by atoms with E-state index in [1.807, 2.05) is 18.2 Å². The average molecular weight is 326 g/mol. The summed E-state index contributed by atoms with van der Waals surface area (Å²) in [5, 5.41) is 12.0. The lowest BCUT2D eigenvalue weighted by molar-refractivity contribution is 0.0694. The third kappa shape index (κ3) is 3.08. The van der Waals surface area contributed by atoms with Crippen molar-refractivity contribution < 1.29 is 19.1 Å². The topological polar surface area (TPSA) is 71.7 Å². The highest BCUT2D eigenvalue weighted by atomic mass is 79.9. The Morgan fingerprint density at radius 1 is 1.47 bits per heavy atom. The number of carboxylic acids is 1. The summed E-state index contributed by atoms with van der Waals surface area (Å²) in [5.74, 6) is 0.0798. The second-order valence-corrected chi connectivity index (χ2v) is 4.62. The van der Waals surface area contributed by atoms with E-state index in [2.05, 4.69) is 21.2 Å². The molecule has 0 atom stereocenters. The van der Waals surface area contributed by atoms with Crippen molar-refractivity contribution in [2.75, 3.05) is 12.4 Å². The van der Waals surface area contributed by atoms with Gasteiger partial charge in [0.15, 0.2) is 0 Å². The summed E-state index contributed by atoms with van der Waals surface area (Å²) in [6, 6.07) is 6.95. The van der Waals surface area contributed by atoms with Gasteiger partial charge in [-0.15, -0.1) is 0 Å². The minimum Gasteiger partial charge on any atom is -0.495 e. The van der Waals surface area contributed by atoms with Crippen molar-refractivity contribution in [3.8, 4) is 5.75 Å². The zero-order valence-corrected chi connectivity index (χ0v) is 11.7. The molecule has 0 saturated heterocycles. The number of aromatic carboxylic acids is 1. The molecular formula is C13H12BrNO4. The predicted octanol–water partition coefficient (Wildman–Crippen LogP) is 3.36. The van der Waals surface area contributed by atoms with Crippen LogP contribution in [0.15, 0.2) is 39.4 Å². The van der Waals surface area contributed by atoms with Crippen LogP contribution >= 0.6 is 15.9 Å². The van der Waals surface area contributed by atoms with Crippen molar-refractivity contribution in [3.05, 3.63) is 46.3 Å². The number of rotatable bonds is 5. The normalized spacial score (nSPS) is 10.2. The first-order valence-electron chi connectivity index (χ1n) is 5.49. The van der Waals surface area contributed by atoms with Crippen LogP contribution in [0, 0.1) is 0 Å². The largest absolute Gasteiger partial charge is 0.495 e. The maximum atomic E-state index is 10.9. The summed E-state index contributed by atoms with van der Waals surface area (Å²) >= 11 is 3.36. The van der Waals surface area contributed by atoms with E-state index in [1.165, 1.54) is 12.3 Å². The summed E-state index contributed by atoms with van der Waals surface area (Å²) in [6.07, 6.45) is 1.36. The van der Waals surface area contributed by atoms with E-state index < -0.39 is 5.97 Å². The molecule has 0 fully saturated rings. The number of furan rings is 1. The van der Waals surface area contributed by atoms with Gasteiger partial charge in [-0.2, -0.15) is 0 Å². The van der Waals surface area contributed by atoms with Crippen molar-refractivity contribution in [2.24, 2.45) is 0 Å². The van der Waals surface area contributed by atoms with Gasteiger partial charge in [0.2, 0.25) is 0 Å². The molecule has 0 amide bonds. The fourth-order valence-corrected chi connectivity index (χ4v) is 2.03. The molecule has 5 nitrogen and oxygen atoms in total. The molecular weight excluding hydrogens is 314 g/mol. The maximum absolute atomic E-state index is 10.9. The molecule has 2 rings (SSSR count). The number of hydrogen-bond donors (Lipinski definition) is 2. The average Bonchev–Trinajstić information content (AvgIpc) is 2.86. The zero-order valence-electron chi connectivity index (χ0n) is 10.1. The van der Waals surface area contributed by atoms with Gasteiger partial charge in [0, 0.05) is 11.8 Å². The van der Waals surface area contributed by atoms with Crippen molar-refractivity contribution >= 4 is 27.6 Å². The van der Waals surface area contributed by atoms with E-state index in [0.29, 0.717) is 18.1 Å². The number of benzene rings is 1. The Bertz CT molecular complexity index is 594. The van der Waals surface area contributed by atoms with Gasteiger partial charge in [0.25, 0.3) is 0 Å². The van der Waals surface area contributed by atoms with E-state index in [4.69, 9.17) is 14.3 Å². The lowest BCUT2D eigenvalue weighted by atomic mass is 10.2. The van der Waals surface area contributed by atoms with Crippen molar-refractivity contribution in [3.63, 3.8) is 0 Å². The number of ether oxygens (including phenoxy) is 1. The van der Waals surface area contributed by atoms with Crippen LogP contribution < -0.4 is 10.1 Å². The fourth-order valence-electron chi connectivity index (χ4n) is 1.62. The number of methoxy groups -OCH3 is 1. The Hall–Kier alpha value is -1.95. The number of anilines is 1. The van der Waals surface area contributed by atoms with Crippen LogP contribution in [0.25, 0.3) is 0 Å². The second-order valence-electron chi connectivity index (χ2n) is 3.77. The van der Waals surface area contributed by atoms with Gasteiger partial charge in [-0.25, -0.2) is 4.79 Å². The van der Waals surface area contributed by atoms with E-state index in [-0.39, 0.29) is 5.56 Å². The molecule has 1 heterocycles. The number of halogens is 1. The molecule has 0 aliphatic carbocycles. The van der Waals surface area contributed by atoms with E-state index in [1.54, 1.807) is 7.11 Å². The van der Waals surface area contributed by atoms with Crippen molar-refractivity contribution in [2.45, 2.75) is 6.54 Å². The molecule has 100 valence electrons. The Labute approximate surface area is 118 Å². The first kappa shape index (κ1) is 13.5. The second kappa shape index (κ2) is 5.79. The van der Waals surface area contributed by atoms with Crippen molar-refractivity contribution in [1.82, 2.24) is 0 Å². The number of carboxylic acid groups (broad SMARTS) is 1. The summed E-state index contributed by atoms with van der Waals surface area (Å²) in [6.45, 7) is 0.291. The van der Waals surface area contributed by atoms with Gasteiger partial charge in [0.05, 0.1) is 24.4 Å². The highest BCUT2D eigenvalue weighted by molar-refractivity contribution is 9.10. The van der Waals surface area contributed by atoms with Gasteiger partial charge in [-0.1, -0.05) is 0 Å². The number of hydrogen-bond acceptors (Lipinski definition) is 4. The molecule has 1 aromatic heterocycles. The molecule has 0 bridgehead atoms. The molecule has 1 aromatic carbocycles. The first-order valence-corrected chi connectivity index (χ1v) is 6.28. The minimum atomic E-state index is -1.00. The van der Waals surface area contributed by atoms with Gasteiger partial charge in [-0.3, -0.25) is 0 Å². The van der Waals surface area contributed by atoms with Gasteiger partial charge in [0.1, 0.15) is 17.1 Å². The van der Waals surface area contributed by atoms with Crippen LogP contribution in [0.4, 0.5) is 5.69 Å². The van der Waals surface area contributed by atoms with Crippen molar-refractivity contribution in [1.29, 1.82) is 0 Å². The molecule has 0 radical (unpaired) electrons. The van der Waals surface area contributed by atoms with Crippen LogP contribution in [-0.2, 0) is 6.54 Å². The summed E-state index contributed by atoms with van der Waals surface area (Å²) in [4.78, 5) is 10.9.